The van der Waals surface area contributed by atoms with Crippen molar-refractivity contribution in [3.8, 4) is 66.8 Å². The first kappa shape index (κ1) is 45.1. The van der Waals surface area contributed by atoms with Crippen LogP contribution in [0.2, 0.25) is 0 Å². The van der Waals surface area contributed by atoms with E-state index in [-0.39, 0.29) is 0 Å². The van der Waals surface area contributed by atoms with Crippen molar-refractivity contribution in [2.24, 2.45) is 0 Å². The van der Waals surface area contributed by atoms with Crippen LogP contribution in [0, 0.1) is 0 Å². The zero-order valence-electron chi connectivity index (χ0n) is 41.6. The second-order valence-electron chi connectivity index (χ2n) is 20.1. The maximum absolute atomic E-state index is 2.49. The molecule has 0 heterocycles. The van der Waals surface area contributed by atoms with E-state index in [4.69, 9.17) is 0 Å². The van der Waals surface area contributed by atoms with Gasteiger partial charge in [-0.1, -0.05) is 262 Å². The van der Waals surface area contributed by atoms with Gasteiger partial charge < -0.3 is 4.90 Å². The van der Waals surface area contributed by atoms with Crippen LogP contribution in [-0.4, -0.2) is 0 Å². The zero-order chi connectivity index (χ0) is 49.3. The van der Waals surface area contributed by atoms with E-state index in [1.54, 1.807) is 0 Å². The molecule has 1 fully saturated rings. The van der Waals surface area contributed by atoms with Gasteiger partial charge in [0.05, 0.1) is 5.41 Å². The van der Waals surface area contributed by atoms with E-state index >= 15 is 0 Å². The molecule has 2 aliphatic rings. The van der Waals surface area contributed by atoms with Crippen LogP contribution < -0.4 is 4.90 Å². The molecule has 0 N–H and O–H groups in total. The van der Waals surface area contributed by atoms with Crippen molar-refractivity contribution in [1.82, 2.24) is 0 Å². The number of fused-ring (bicyclic) bond motifs is 3. The van der Waals surface area contributed by atoms with Gasteiger partial charge in [0.1, 0.15) is 0 Å². The average molecular weight is 948 g/mol. The summed E-state index contributed by atoms with van der Waals surface area (Å²) < 4.78 is 0. The van der Waals surface area contributed by atoms with Gasteiger partial charge in [-0.05, 0) is 150 Å². The van der Waals surface area contributed by atoms with Crippen LogP contribution in [0.15, 0.2) is 279 Å². The summed E-state index contributed by atoms with van der Waals surface area (Å²) in [5.74, 6) is 0.686. The summed E-state index contributed by atoms with van der Waals surface area (Å²) in [5, 5.41) is 0. The number of anilines is 3. The number of benzene rings is 11. The van der Waals surface area contributed by atoms with Crippen LogP contribution in [0.1, 0.15) is 65.8 Å². The Hall–Kier alpha value is -8.78. The molecular formula is C73H57N. The molecule has 1 saturated carbocycles. The SMILES string of the molecule is c1ccc(-c2ccccc2-c2ccccc2-c2ccc(N(c3ccc(-c4ccc(C5CCCCC5)cc4)cc3)c3ccc4c(c3)C(c3ccccc3)(c3ccccc3)c3cccc(-c5ccccc5)c3-4)cc2)cc1. The van der Waals surface area contributed by atoms with Gasteiger partial charge in [0.2, 0.25) is 0 Å². The fraction of sp³-hybridized carbons (Fsp3) is 0.0959. The van der Waals surface area contributed by atoms with Gasteiger partial charge >= 0.3 is 0 Å². The molecular weight excluding hydrogens is 891 g/mol. The quantitative estimate of drug-likeness (QED) is 0.125. The highest BCUT2D eigenvalue weighted by molar-refractivity contribution is 5.97. The molecule has 0 bridgehead atoms. The van der Waals surface area contributed by atoms with Crippen molar-refractivity contribution < 1.29 is 0 Å². The van der Waals surface area contributed by atoms with Crippen molar-refractivity contribution in [1.29, 1.82) is 0 Å². The molecule has 0 amide bonds. The molecule has 0 unspecified atom stereocenters. The molecule has 0 spiro atoms. The molecule has 1 heteroatoms. The first-order valence-electron chi connectivity index (χ1n) is 26.5. The normalized spacial score (nSPS) is 13.7. The number of rotatable bonds is 11. The number of nitrogens with zero attached hydrogens (tertiary/aromatic N) is 1. The van der Waals surface area contributed by atoms with Crippen molar-refractivity contribution in [3.63, 3.8) is 0 Å². The van der Waals surface area contributed by atoms with Crippen molar-refractivity contribution >= 4 is 17.1 Å². The lowest BCUT2D eigenvalue weighted by Crippen LogP contribution is -2.28. The van der Waals surface area contributed by atoms with E-state index in [9.17, 15) is 0 Å². The molecule has 354 valence electrons. The van der Waals surface area contributed by atoms with Crippen molar-refractivity contribution in [2.75, 3.05) is 4.90 Å². The van der Waals surface area contributed by atoms with E-state index in [2.05, 4.69) is 284 Å². The van der Waals surface area contributed by atoms with Crippen LogP contribution in [0.25, 0.3) is 66.8 Å². The lowest BCUT2D eigenvalue weighted by molar-refractivity contribution is 0.443. The second-order valence-corrected chi connectivity index (χ2v) is 20.1. The van der Waals surface area contributed by atoms with Gasteiger partial charge in [-0.3, -0.25) is 0 Å². The van der Waals surface area contributed by atoms with Crippen LogP contribution >= 0.6 is 0 Å². The van der Waals surface area contributed by atoms with Gasteiger partial charge in [-0.2, -0.15) is 0 Å². The lowest BCUT2D eigenvalue weighted by atomic mass is 9.67. The van der Waals surface area contributed by atoms with Crippen LogP contribution in [0.4, 0.5) is 17.1 Å². The third-order valence-electron chi connectivity index (χ3n) is 16.0. The molecule has 0 aromatic heterocycles. The van der Waals surface area contributed by atoms with Gasteiger partial charge in [0, 0.05) is 17.1 Å². The van der Waals surface area contributed by atoms with E-state index in [1.807, 2.05) is 0 Å². The van der Waals surface area contributed by atoms with Crippen LogP contribution in [-0.2, 0) is 5.41 Å². The molecule has 0 radical (unpaired) electrons. The Labute approximate surface area is 436 Å². The highest BCUT2D eigenvalue weighted by Gasteiger charge is 2.47. The Morgan fingerprint density at radius 3 is 1.24 bits per heavy atom. The third kappa shape index (κ3) is 8.06. The molecule has 11 aromatic rings. The summed E-state index contributed by atoms with van der Waals surface area (Å²) in [5.41, 5.74) is 24.0. The second kappa shape index (κ2) is 19.7. The molecule has 0 saturated heterocycles. The maximum atomic E-state index is 2.49. The minimum atomic E-state index is -0.586. The topological polar surface area (TPSA) is 3.24 Å². The van der Waals surface area contributed by atoms with Gasteiger partial charge in [0.15, 0.2) is 0 Å². The summed E-state index contributed by atoms with van der Waals surface area (Å²) in [7, 11) is 0. The van der Waals surface area contributed by atoms with Crippen molar-refractivity contribution in [3.05, 3.63) is 307 Å². The van der Waals surface area contributed by atoms with Crippen LogP contribution in [0.3, 0.4) is 0 Å². The monoisotopic (exact) mass is 947 g/mol. The Kier molecular flexibility index (Phi) is 12.0. The van der Waals surface area contributed by atoms with Gasteiger partial charge in [-0.15, -0.1) is 0 Å². The summed E-state index contributed by atoms with van der Waals surface area (Å²) in [6.45, 7) is 0. The van der Waals surface area contributed by atoms with Crippen LogP contribution in [0.5, 0.6) is 0 Å². The van der Waals surface area contributed by atoms with E-state index in [1.165, 1.54) is 127 Å². The summed E-state index contributed by atoms with van der Waals surface area (Å²) in [6.07, 6.45) is 6.67. The standard InChI is InChI=1S/C73H57N/c1-6-21-52(22-7-1)53-37-39-54(40-38-53)55-41-45-61(46-42-55)74(62-47-43-58(44-48-62)65-32-17-19-34-68(65)67-33-18-16-31-64(67)56-23-8-2-9-24-56)63-49-50-69-71(51-63)73(59-27-12-4-13-28-59,60-29-14-5-15-30-60)70-36-20-35-66(72(69)70)57-25-10-3-11-26-57/h2-5,8-20,23-52H,1,6-7,21-22H2. The van der Waals surface area contributed by atoms with Gasteiger partial charge in [-0.25, -0.2) is 0 Å². The Morgan fingerprint density at radius 1 is 0.284 bits per heavy atom. The first-order chi connectivity index (χ1) is 36.7. The molecule has 0 aliphatic heterocycles. The predicted octanol–water partition coefficient (Wildman–Crippen LogP) is 19.9. The Bertz CT molecular complexity index is 3670. The predicted molar refractivity (Wildman–Crippen MR) is 311 cm³/mol. The Morgan fingerprint density at radius 2 is 0.703 bits per heavy atom. The molecule has 0 atom stereocenters. The van der Waals surface area contributed by atoms with E-state index in [0.29, 0.717) is 5.92 Å². The third-order valence-corrected chi connectivity index (χ3v) is 16.0. The molecule has 11 aromatic carbocycles. The average Bonchev–Trinajstić information content (AvgIpc) is 3.89. The maximum Gasteiger partial charge on any atom is 0.0714 e. The highest BCUT2D eigenvalue weighted by atomic mass is 15.1. The fourth-order valence-corrected chi connectivity index (χ4v) is 12.5. The molecule has 1 nitrogen and oxygen atoms in total. The van der Waals surface area contributed by atoms with Crippen molar-refractivity contribution in [2.45, 2.75) is 43.4 Å². The molecule has 74 heavy (non-hydrogen) atoms. The Balaban J connectivity index is 0.973. The molecule has 13 rings (SSSR count). The summed E-state index contributed by atoms with van der Waals surface area (Å²) in [6, 6.07) is 104. The minimum absolute atomic E-state index is 0.586. The zero-order valence-corrected chi connectivity index (χ0v) is 41.6. The largest absolute Gasteiger partial charge is 0.310 e. The summed E-state index contributed by atoms with van der Waals surface area (Å²) in [4.78, 5) is 2.46. The highest BCUT2D eigenvalue weighted by Crippen LogP contribution is 2.59. The van der Waals surface area contributed by atoms with E-state index < -0.39 is 5.41 Å². The number of hydrogen-bond donors (Lipinski definition) is 0. The number of hydrogen-bond acceptors (Lipinski definition) is 1. The summed E-state index contributed by atoms with van der Waals surface area (Å²) >= 11 is 0. The lowest BCUT2D eigenvalue weighted by Gasteiger charge is -2.35. The fourth-order valence-electron chi connectivity index (χ4n) is 12.5. The molecule has 2 aliphatic carbocycles. The van der Waals surface area contributed by atoms with Gasteiger partial charge in [0.25, 0.3) is 0 Å². The minimum Gasteiger partial charge on any atom is -0.310 e. The smallest absolute Gasteiger partial charge is 0.0714 e. The first-order valence-corrected chi connectivity index (χ1v) is 26.5. The van der Waals surface area contributed by atoms with E-state index in [0.717, 1.165) is 17.1 Å².